The smallest absolute Gasteiger partial charge is 0.105 e. The number of nitrogens with zero attached hydrogens (tertiary/aromatic N) is 1. The number of benzene rings is 2. The average Bonchev–Trinajstić information content (AvgIpc) is 2.82. The molecule has 0 radical (unpaired) electrons. The SMILES string of the molecule is Nc1c(Sc2cccc(Cl)c2)ccc2scnc12. The van der Waals surface area contributed by atoms with E-state index in [4.69, 9.17) is 17.3 Å². The fourth-order valence-electron chi connectivity index (χ4n) is 1.68. The average molecular weight is 293 g/mol. The maximum atomic E-state index is 6.14. The molecule has 0 saturated heterocycles. The van der Waals surface area contributed by atoms with Crippen LogP contribution in [0.1, 0.15) is 0 Å². The van der Waals surface area contributed by atoms with Crippen LogP contribution in [0.3, 0.4) is 0 Å². The zero-order valence-electron chi connectivity index (χ0n) is 9.26. The van der Waals surface area contributed by atoms with Crippen molar-refractivity contribution < 1.29 is 0 Å². The van der Waals surface area contributed by atoms with Crippen molar-refractivity contribution in [3.8, 4) is 0 Å². The van der Waals surface area contributed by atoms with Crippen molar-refractivity contribution in [3.05, 3.63) is 46.9 Å². The lowest BCUT2D eigenvalue weighted by Gasteiger charge is -2.06. The van der Waals surface area contributed by atoms with Crippen LogP contribution >= 0.6 is 34.7 Å². The molecule has 2 N–H and O–H groups in total. The van der Waals surface area contributed by atoms with Crippen molar-refractivity contribution in [3.63, 3.8) is 0 Å². The van der Waals surface area contributed by atoms with Crippen LogP contribution in [-0.4, -0.2) is 4.98 Å². The van der Waals surface area contributed by atoms with Gasteiger partial charge in [0.25, 0.3) is 0 Å². The van der Waals surface area contributed by atoms with E-state index in [9.17, 15) is 0 Å². The highest BCUT2D eigenvalue weighted by atomic mass is 35.5. The molecular weight excluding hydrogens is 284 g/mol. The number of aromatic nitrogens is 1. The van der Waals surface area contributed by atoms with Crippen LogP contribution in [-0.2, 0) is 0 Å². The van der Waals surface area contributed by atoms with E-state index in [1.807, 2.05) is 35.8 Å². The van der Waals surface area contributed by atoms with E-state index < -0.39 is 0 Å². The third-order valence-corrected chi connectivity index (χ3v) is 4.62. The highest BCUT2D eigenvalue weighted by Crippen LogP contribution is 2.37. The maximum absolute atomic E-state index is 6.14. The Kier molecular flexibility index (Phi) is 3.16. The highest BCUT2D eigenvalue weighted by Gasteiger charge is 2.08. The van der Waals surface area contributed by atoms with E-state index in [1.54, 1.807) is 23.1 Å². The summed E-state index contributed by atoms with van der Waals surface area (Å²) in [4.78, 5) is 6.38. The first kappa shape index (κ1) is 11.8. The monoisotopic (exact) mass is 292 g/mol. The Balaban J connectivity index is 2.02. The summed E-state index contributed by atoms with van der Waals surface area (Å²) < 4.78 is 1.11. The molecule has 0 aliphatic carbocycles. The predicted octanol–water partition coefficient (Wildman–Crippen LogP) is 4.68. The van der Waals surface area contributed by atoms with Gasteiger partial charge in [-0.15, -0.1) is 11.3 Å². The summed E-state index contributed by atoms with van der Waals surface area (Å²) in [5, 5.41) is 0.730. The number of anilines is 1. The first-order valence-corrected chi connectivity index (χ1v) is 7.36. The van der Waals surface area contributed by atoms with E-state index in [0.717, 1.165) is 30.7 Å². The lowest BCUT2D eigenvalue weighted by atomic mass is 10.3. The van der Waals surface area contributed by atoms with Gasteiger partial charge in [0.1, 0.15) is 5.52 Å². The summed E-state index contributed by atoms with van der Waals surface area (Å²) in [5.41, 5.74) is 9.57. The number of hydrogen-bond donors (Lipinski definition) is 1. The van der Waals surface area contributed by atoms with Crippen molar-refractivity contribution in [1.82, 2.24) is 4.98 Å². The lowest BCUT2D eigenvalue weighted by Crippen LogP contribution is -1.89. The minimum atomic E-state index is 0.730. The van der Waals surface area contributed by atoms with Gasteiger partial charge < -0.3 is 5.73 Å². The first-order chi connectivity index (χ1) is 8.74. The molecule has 0 aliphatic rings. The Labute approximate surface area is 118 Å². The quantitative estimate of drug-likeness (QED) is 0.697. The van der Waals surface area contributed by atoms with Gasteiger partial charge in [-0.25, -0.2) is 4.98 Å². The molecule has 0 unspecified atom stereocenters. The Morgan fingerprint density at radius 3 is 2.94 bits per heavy atom. The van der Waals surface area contributed by atoms with Gasteiger partial charge in [-0.1, -0.05) is 29.4 Å². The van der Waals surface area contributed by atoms with Crippen LogP contribution in [0.4, 0.5) is 5.69 Å². The molecule has 0 amide bonds. The largest absolute Gasteiger partial charge is 0.396 e. The summed E-state index contributed by atoms with van der Waals surface area (Å²) in [6.07, 6.45) is 0. The van der Waals surface area contributed by atoms with Gasteiger partial charge in [-0.3, -0.25) is 0 Å². The molecule has 5 heteroatoms. The summed E-state index contributed by atoms with van der Waals surface area (Å²) >= 11 is 9.17. The molecule has 0 spiro atoms. The zero-order chi connectivity index (χ0) is 12.5. The van der Waals surface area contributed by atoms with Gasteiger partial charge >= 0.3 is 0 Å². The van der Waals surface area contributed by atoms with Crippen LogP contribution < -0.4 is 5.73 Å². The molecule has 1 heterocycles. The van der Waals surface area contributed by atoms with Gasteiger partial charge in [0, 0.05) is 14.8 Å². The van der Waals surface area contributed by atoms with Crippen LogP contribution in [0.5, 0.6) is 0 Å². The Hall–Kier alpha value is -1.23. The molecular formula is C13H9ClN2S2. The summed E-state index contributed by atoms with van der Waals surface area (Å²) in [6, 6.07) is 11.8. The third-order valence-electron chi connectivity index (χ3n) is 2.53. The first-order valence-electron chi connectivity index (χ1n) is 5.29. The number of rotatable bonds is 2. The van der Waals surface area contributed by atoms with Crippen molar-refractivity contribution in [2.24, 2.45) is 0 Å². The Morgan fingerprint density at radius 1 is 1.22 bits per heavy atom. The fraction of sp³-hybridized carbons (Fsp3) is 0. The van der Waals surface area contributed by atoms with Gasteiger partial charge in [0.15, 0.2) is 0 Å². The summed E-state index contributed by atoms with van der Waals surface area (Å²) in [7, 11) is 0. The summed E-state index contributed by atoms with van der Waals surface area (Å²) in [6.45, 7) is 0. The van der Waals surface area contributed by atoms with Gasteiger partial charge in [-0.2, -0.15) is 0 Å². The van der Waals surface area contributed by atoms with E-state index in [1.165, 1.54) is 0 Å². The van der Waals surface area contributed by atoms with Crippen LogP contribution in [0.2, 0.25) is 5.02 Å². The number of halogens is 1. The van der Waals surface area contributed by atoms with Gasteiger partial charge in [0.2, 0.25) is 0 Å². The van der Waals surface area contributed by atoms with Crippen LogP contribution in [0.25, 0.3) is 10.2 Å². The molecule has 0 atom stereocenters. The van der Waals surface area contributed by atoms with E-state index in [2.05, 4.69) is 11.1 Å². The van der Waals surface area contributed by atoms with Crippen molar-refractivity contribution in [2.45, 2.75) is 9.79 Å². The van der Waals surface area contributed by atoms with E-state index >= 15 is 0 Å². The van der Waals surface area contributed by atoms with Crippen molar-refractivity contribution in [1.29, 1.82) is 0 Å². The zero-order valence-corrected chi connectivity index (χ0v) is 11.6. The molecule has 1 aromatic heterocycles. The predicted molar refractivity (Wildman–Crippen MR) is 79.6 cm³/mol. The topological polar surface area (TPSA) is 38.9 Å². The van der Waals surface area contributed by atoms with E-state index in [-0.39, 0.29) is 0 Å². The number of fused-ring (bicyclic) bond motifs is 1. The van der Waals surface area contributed by atoms with Crippen LogP contribution in [0, 0.1) is 0 Å². The molecule has 0 saturated carbocycles. The molecule has 0 aliphatic heterocycles. The maximum Gasteiger partial charge on any atom is 0.105 e. The minimum absolute atomic E-state index is 0.730. The fourth-order valence-corrected chi connectivity index (χ4v) is 3.56. The molecule has 18 heavy (non-hydrogen) atoms. The number of nitrogen functional groups attached to an aromatic ring is 1. The number of thiazole rings is 1. The normalized spacial score (nSPS) is 10.9. The van der Waals surface area contributed by atoms with Crippen LogP contribution in [0.15, 0.2) is 51.7 Å². The molecule has 2 nitrogen and oxygen atoms in total. The number of hydrogen-bond acceptors (Lipinski definition) is 4. The van der Waals surface area contributed by atoms with Crippen molar-refractivity contribution >= 4 is 50.6 Å². The minimum Gasteiger partial charge on any atom is -0.396 e. The molecule has 90 valence electrons. The second kappa shape index (κ2) is 4.80. The highest BCUT2D eigenvalue weighted by molar-refractivity contribution is 7.99. The molecule has 3 aromatic rings. The molecule has 0 bridgehead atoms. The Bertz CT molecular complexity index is 709. The van der Waals surface area contributed by atoms with Gasteiger partial charge in [-0.05, 0) is 30.3 Å². The second-order valence-corrected chi connectivity index (χ2v) is 6.17. The molecule has 2 aromatic carbocycles. The molecule has 3 rings (SSSR count). The molecule has 0 fully saturated rings. The second-order valence-electron chi connectivity index (χ2n) is 3.74. The standard InChI is InChI=1S/C13H9ClN2S2/c14-8-2-1-3-9(6-8)18-10-4-5-11-13(12(10)15)16-7-17-11/h1-7H,15H2. The Morgan fingerprint density at radius 2 is 2.11 bits per heavy atom. The van der Waals surface area contributed by atoms with E-state index in [0.29, 0.717) is 0 Å². The third kappa shape index (κ3) is 2.19. The van der Waals surface area contributed by atoms with Gasteiger partial charge in [0.05, 0.1) is 15.9 Å². The lowest BCUT2D eigenvalue weighted by molar-refractivity contribution is 1.40. The number of nitrogens with two attached hydrogens (primary N) is 1. The summed E-state index contributed by atoms with van der Waals surface area (Å²) in [5.74, 6) is 0. The van der Waals surface area contributed by atoms with Crippen molar-refractivity contribution in [2.75, 3.05) is 5.73 Å².